The van der Waals surface area contributed by atoms with E-state index in [0.717, 1.165) is 30.4 Å². The van der Waals surface area contributed by atoms with Crippen LogP contribution in [0.3, 0.4) is 0 Å². The summed E-state index contributed by atoms with van der Waals surface area (Å²) in [6, 6.07) is 0. The molecule has 0 aliphatic heterocycles. The molecule has 2 heterocycles. The zero-order valence-corrected chi connectivity index (χ0v) is 9.22. The smallest absolute Gasteiger partial charge is 0.225 e. The summed E-state index contributed by atoms with van der Waals surface area (Å²) < 4.78 is 0. The molecule has 2 aromatic heterocycles. The quantitative estimate of drug-likeness (QED) is 0.769. The van der Waals surface area contributed by atoms with Crippen LogP contribution >= 0.6 is 0 Å². The first-order chi connectivity index (χ1) is 8.40. The van der Waals surface area contributed by atoms with Gasteiger partial charge in [0.1, 0.15) is 5.69 Å². The van der Waals surface area contributed by atoms with Gasteiger partial charge in [-0.05, 0) is 29.9 Å². The third kappa shape index (κ3) is 1.09. The van der Waals surface area contributed by atoms with Gasteiger partial charge in [0.05, 0.1) is 0 Å². The Morgan fingerprint density at radius 1 is 1.41 bits per heavy atom. The Morgan fingerprint density at radius 3 is 3.12 bits per heavy atom. The van der Waals surface area contributed by atoms with Gasteiger partial charge in [0.15, 0.2) is 0 Å². The highest BCUT2D eigenvalue weighted by Crippen LogP contribution is 2.63. The van der Waals surface area contributed by atoms with E-state index >= 15 is 0 Å². The average molecular weight is 228 g/mol. The van der Waals surface area contributed by atoms with Crippen LogP contribution in [-0.2, 0) is 6.42 Å². The van der Waals surface area contributed by atoms with E-state index < -0.39 is 0 Å². The molecular weight excluding hydrogens is 216 g/mol. The first-order valence-corrected chi connectivity index (χ1v) is 5.82. The fourth-order valence-electron chi connectivity index (χ4n) is 3.21. The second kappa shape index (κ2) is 3.03. The third-order valence-electron chi connectivity index (χ3n) is 4.00. The summed E-state index contributed by atoms with van der Waals surface area (Å²) in [6.45, 7) is 3.81. The number of allylic oxidation sites excluding steroid dienone is 1. The minimum Gasteiger partial charge on any atom is -0.281 e. The molecule has 0 bridgehead atoms. The van der Waals surface area contributed by atoms with Gasteiger partial charge in [0.2, 0.25) is 5.82 Å². The molecule has 0 radical (unpaired) electrons. The second-order valence-corrected chi connectivity index (χ2v) is 4.78. The van der Waals surface area contributed by atoms with E-state index in [-0.39, 0.29) is 0 Å². The van der Waals surface area contributed by atoms with Crippen molar-refractivity contribution in [1.29, 1.82) is 0 Å². The molecule has 0 unspecified atom stereocenters. The Kier molecular flexibility index (Phi) is 1.62. The molecule has 2 N–H and O–H groups in total. The monoisotopic (exact) mass is 228 g/mol. The topological polar surface area (TPSA) is 83.1 Å². The van der Waals surface area contributed by atoms with Gasteiger partial charge in [0, 0.05) is 17.2 Å². The van der Waals surface area contributed by atoms with Crippen molar-refractivity contribution in [3.8, 4) is 11.5 Å². The summed E-state index contributed by atoms with van der Waals surface area (Å²) in [4.78, 5) is 0. The summed E-state index contributed by atoms with van der Waals surface area (Å²) in [5, 5.41) is 21.5. The van der Waals surface area contributed by atoms with Gasteiger partial charge < -0.3 is 0 Å². The Bertz CT molecular complexity index is 569. The first-order valence-electron chi connectivity index (χ1n) is 5.82. The number of hydrogen-bond acceptors (Lipinski definition) is 4. The lowest BCUT2D eigenvalue weighted by atomic mass is 10.0. The number of fused-ring (bicyclic) bond motifs is 3. The molecule has 1 fully saturated rings. The van der Waals surface area contributed by atoms with Crippen LogP contribution < -0.4 is 0 Å². The summed E-state index contributed by atoms with van der Waals surface area (Å²) in [5.74, 6) is 2.77. The molecule has 6 nitrogen and oxygen atoms in total. The van der Waals surface area contributed by atoms with Gasteiger partial charge in [-0.2, -0.15) is 10.3 Å². The van der Waals surface area contributed by atoms with Crippen LogP contribution in [0.1, 0.15) is 23.6 Å². The highest BCUT2D eigenvalue weighted by Gasteiger charge is 2.56. The van der Waals surface area contributed by atoms with Gasteiger partial charge in [-0.1, -0.05) is 6.08 Å². The summed E-state index contributed by atoms with van der Waals surface area (Å²) in [7, 11) is 0. The van der Waals surface area contributed by atoms with Crippen LogP contribution in [0, 0.1) is 11.8 Å². The molecule has 17 heavy (non-hydrogen) atoms. The van der Waals surface area contributed by atoms with Gasteiger partial charge in [-0.3, -0.25) is 5.10 Å². The largest absolute Gasteiger partial charge is 0.281 e. The van der Waals surface area contributed by atoms with Crippen molar-refractivity contribution < 1.29 is 0 Å². The van der Waals surface area contributed by atoms with E-state index in [1.165, 1.54) is 11.3 Å². The number of rotatable bonds is 3. The maximum absolute atomic E-state index is 4.32. The molecule has 2 aliphatic rings. The van der Waals surface area contributed by atoms with Crippen molar-refractivity contribution in [2.24, 2.45) is 11.8 Å². The molecule has 2 aromatic rings. The molecule has 4 rings (SSSR count). The van der Waals surface area contributed by atoms with Gasteiger partial charge in [-0.15, -0.1) is 16.8 Å². The number of nitrogens with one attached hydrogen (secondary N) is 2. The Balaban J connectivity index is 1.70. The Hall–Kier alpha value is -1.98. The van der Waals surface area contributed by atoms with Gasteiger partial charge >= 0.3 is 0 Å². The molecule has 0 amide bonds. The highest BCUT2D eigenvalue weighted by molar-refractivity contribution is 5.59. The molecule has 1 saturated carbocycles. The van der Waals surface area contributed by atoms with Crippen molar-refractivity contribution in [2.75, 3.05) is 0 Å². The number of nitrogens with zero attached hydrogens (tertiary/aromatic N) is 4. The minimum atomic E-state index is 0.587. The summed E-state index contributed by atoms with van der Waals surface area (Å²) >= 11 is 0. The fraction of sp³-hybridized carbons (Fsp3) is 0.455. The molecule has 6 heteroatoms. The summed E-state index contributed by atoms with van der Waals surface area (Å²) in [6.07, 6.45) is 4.20. The van der Waals surface area contributed by atoms with Crippen LogP contribution in [0.4, 0.5) is 0 Å². The highest BCUT2D eigenvalue weighted by atomic mass is 15.5. The molecule has 86 valence electrons. The Morgan fingerprint density at radius 2 is 2.35 bits per heavy atom. The lowest BCUT2D eigenvalue weighted by molar-refractivity contribution is 0.702. The van der Waals surface area contributed by atoms with Crippen molar-refractivity contribution in [2.45, 2.75) is 18.8 Å². The predicted molar refractivity (Wildman–Crippen MR) is 60.0 cm³/mol. The standard InChI is InChI=1S/C11H12N6/c1-2-3-5-6-4-7-9(8(5)6)12-13-10(7)11-14-16-17-15-11/h2,5-6,8H,1,3-4H2,(H,12,13)(H,14,15,16,17)/t5-,6+,8-/m1/s1. The van der Waals surface area contributed by atoms with Crippen LogP contribution in [0.2, 0.25) is 0 Å². The molecule has 2 aliphatic carbocycles. The van der Waals surface area contributed by atoms with Crippen molar-refractivity contribution >= 4 is 0 Å². The van der Waals surface area contributed by atoms with E-state index in [0.29, 0.717) is 11.7 Å². The first kappa shape index (κ1) is 9.09. The van der Waals surface area contributed by atoms with E-state index in [1.54, 1.807) is 0 Å². The van der Waals surface area contributed by atoms with Crippen molar-refractivity contribution in [1.82, 2.24) is 30.8 Å². The Labute approximate surface area is 97.5 Å². The number of aromatic amines is 2. The maximum atomic E-state index is 4.32. The average Bonchev–Trinajstić information content (AvgIpc) is 2.82. The van der Waals surface area contributed by atoms with Crippen molar-refractivity contribution in [3.05, 3.63) is 23.9 Å². The molecule has 0 spiro atoms. The zero-order valence-electron chi connectivity index (χ0n) is 9.22. The normalized spacial score (nSPS) is 28.8. The van der Waals surface area contributed by atoms with Crippen LogP contribution in [0.5, 0.6) is 0 Å². The fourth-order valence-corrected chi connectivity index (χ4v) is 3.21. The van der Waals surface area contributed by atoms with E-state index in [2.05, 4.69) is 37.4 Å². The van der Waals surface area contributed by atoms with E-state index in [1.807, 2.05) is 6.08 Å². The number of aromatic nitrogens is 6. The minimum absolute atomic E-state index is 0.587. The van der Waals surface area contributed by atoms with Crippen LogP contribution in [0.15, 0.2) is 12.7 Å². The zero-order chi connectivity index (χ0) is 11.4. The van der Waals surface area contributed by atoms with Gasteiger partial charge in [-0.25, -0.2) is 0 Å². The molecule has 0 aromatic carbocycles. The van der Waals surface area contributed by atoms with Crippen LogP contribution in [-0.4, -0.2) is 30.8 Å². The van der Waals surface area contributed by atoms with E-state index in [9.17, 15) is 0 Å². The summed E-state index contributed by atoms with van der Waals surface area (Å²) in [5.41, 5.74) is 3.42. The van der Waals surface area contributed by atoms with Crippen molar-refractivity contribution in [3.63, 3.8) is 0 Å². The molecular formula is C11H12N6. The lowest BCUT2D eigenvalue weighted by Gasteiger charge is -2.00. The van der Waals surface area contributed by atoms with E-state index in [4.69, 9.17) is 0 Å². The van der Waals surface area contributed by atoms with Gasteiger partial charge in [0.25, 0.3) is 0 Å². The lowest BCUT2D eigenvalue weighted by Crippen LogP contribution is -1.93. The second-order valence-electron chi connectivity index (χ2n) is 4.78. The van der Waals surface area contributed by atoms with Crippen LogP contribution in [0.25, 0.3) is 11.5 Å². The maximum Gasteiger partial charge on any atom is 0.225 e. The molecule has 3 atom stereocenters. The number of hydrogen-bond donors (Lipinski definition) is 2. The SMILES string of the molecule is C=CC[C@@H]1[C@@H]2Cc3c(-c4nn[nH]n4)n[nH]c3[C@H]12. The number of H-pyrrole nitrogens is 2. The molecule has 0 saturated heterocycles. The third-order valence-corrected chi connectivity index (χ3v) is 4.00. The predicted octanol–water partition coefficient (Wildman–Crippen LogP) is 1.05. The number of tetrazole rings is 1.